The Morgan fingerprint density at radius 3 is 2.18 bits per heavy atom. The molecule has 8 nitrogen and oxygen atoms in total. The number of methoxy groups -OCH3 is 1. The molecule has 1 heterocycles. The summed E-state index contributed by atoms with van der Waals surface area (Å²) in [6.07, 6.45) is 0. The van der Waals surface area contributed by atoms with E-state index in [0.29, 0.717) is 28.1 Å². The number of ether oxygens (including phenoxy) is 2. The predicted octanol–water partition coefficient (Wildman–Crippen LogP) is 3.29. The Hall–Kier alpha value is -4.46. The lowest BCUT2D eigenvalue weighted by Gasteiger charge is -2.14. The van der Waals surface area contributed by atoms with Gasteiger partial charge in [-0.25, -0.2) is 4.79 Å². The number of carbonyl (C=O) groups is 4. The summed E-state index contributed by atoms with van der Waals surface area (Å²) in [5.74, 6) is -1.09. The van der Waals surface area contributed by atoms with Crippen LogP contribution in [0, 0.1) is 0 Å². The highest BCUT2D eigenvalue weighted by Gasteiger charge is 2.34. The zero-order valence-electron chi connectivity index (χ0n) is 17.7. The molecule has 3 amide bonds. The normalized spacial score (nSPS) is 12.3. The van der Waals surface area contributed by atoms with Crippen molar-refractivity contribution in [2.24, 2.45) is 0 Å². The van der Waals surface area contributed by atoms with Gasteiger partial charge in [0, 0.05) is 17.3 Å². The monoisotopic (exact) mass is 444 g/mol. The van der Waals surface area contributed by atoms with Crippen molar-refractivity contribution < 1.29 is 28.7 Å². The van der Waals surface area contributed by atoms with E-state index in [2.05, 4.69) is 10.1 Å². The van der Waals surface area contributed by atoms with Crippen LogP contribution in [0.5, 0.6) is 5.75 Å². The molecule has 0 bridgehead atoms. The van der Waals surface area contributed by atoms with Gasteiger partial charge in [0.2, 0.25) is 0 Å². The van der Waals surface area contributed by atoms with Crippen LogP contribution in [-0.2, 0) is 16.1 Å². The summed E-state index contributed by atoms with van der Waals surface area (Å²) in [6, 6.07) is 20.0. The first kappa shape index (κ1) is 21.8. The van der Waals surface area contributed by atoms with Gasteiger partial charge in [0.25, 0.3) is 17.7 Å². The highest BCUT2D eigenvalue weighted by Crippen LogP contribution is 2.24. The molecule has 4 rings (SSSR count). The van der Waals surface area contributed by atoms with Crippen LogP contribution in [0.4, 0.5) is 5.69 Å². The zero-order valence-corrected chi connectivity index (χ0v) is 17.7. The number of hydrogen-bond acceptors (Lipinski definition) is 6. The Labute approximate surface area is 189 Å². The number of carbonyl (C=O) groups excluding carboxylic acids is 4. The maximum atomic E-state index is 12.6. The molecular weight excluding hydrogens is 424 g/mol. The Morgan fingerprint density at radius 2 is 1.55 bits per heavy atom. The van der Waals surface area contributed by atoms with Gasteiger partial charge in [-0.1, -0.05) is 30.3 Å². The van der Waals surface area contributed by atoms with Crippen LogP contribution >= 0.6 is 0 Å². The van der Waals surface area contributed by atoms with E-state index in [9.17, 15) is 19.2 Å². The molecular formula is C25H20N2O6. The highest BCUT2D eigenvalue weighted by atomic mass is 16.6. The molecule has 0 saturated heterocycles. The minimum atomic E-state index is -0.509. The summed E-state index contributed by atoms with van der Waals surface area (Å²) >= 11 is 0. The van der Waals surface area contributed by atoms with Crippen LogP contribution in [0.25, 0.3) is 0 Å². The minimum Gasteiger partial charge on any atom is -0.482 e. The van der Waals surface area contributed by atoms with Gasteiger partial charge in [-0.05, 0) is 42.0 Å². The van der Waals surface area contributed by atoms with Crippen molar-refractivity contribution >= 4 is 29.4 Å². The van der Waals surface area contributed by atoms with Crippen molar-refractivity contribution in [2.75, 3.05) is 19.0 Å². The van der Waals surface area contributed by atoms with Crippen molar-refractivity contribution in [1.82, 2.24) is 4.90 Å². The molecule has 166 valence electrons. The summed E-state index contributed by atoms with van der Waals surface area (Å²) in [4.78, 5) is 50.0. The number of fused-ring (bicyclic) bond motifs is 1. The molecule has 1 aliphatic heterocycles. The second-order valence-corrected chi connectivity index (χ2v) is 7.29. The lowest BCUT2D eigenvalue weighted by molar-refractivity contribution is -0.142. The molecule has 0 fully saturated rings. The molecule has 1 aliphatic rings. The number of amides is 3. The van der Waals surface area contributed by atoms with Crippen LogP contribution in [0.15, 0.2) is 72.8 Å². The van der Waals surface area contributed by atoms with Crippen LogP contribution in [0.3, 0.4) is 0 Å². The van der Waals surface area contributed by atoms with Crippen molar-refractivity contribution in [2.45, 2.75) is 6.54 Å². The Balaban J connectivity index is 1.39. The topological polar surface area (TPSA) is 102 Å². The number of esters is 1. The lowest BCUT2D eigenvalue weighted by atomic mass is 10.1. The first-order valence-corrected chi connectivity index (χ1v) is 10.1. The molecule has 0 aromatic heterocycles. The number of anilines is 1. The van der Waals surface area contributed by atoms with E-state index >= 15 is 0 Å². The minimum absolute atomic E-state index is 0.119. The van der Waals surface area contributed by atoms with Crippen molar-refractivity contribution in [1.29, 1.82) is 0 Å². The molecule has 0 unspecified atom stereocenters. The van der Waals surface area contributed by atoms with E-state index < -0.39 is 5.97 Å². The predicted molar refractivity (Wildman–Crippen MR) is 119 cm³/mol. The second-order valence-electron chi connectivity index (χ2n) is 7.29. The molecule has 8 heteroatoms. The summed E-state index contributed by atoms with van der Waals surface area (Å²) in [7, 11) is 1.27. The van der Waals surface area contributed by atoms with E-state index in [1.807, 2.05) is 0 Å². The number of benzene rings is 3. The number of rotatable bonds is 7. The molecule has 0 atom stereocenters. The van der Waals surface area contributed by atoms with E-state index in [1.165, 1.54) is 12.0 Å². The van der Waals surface area contributed by atoms with Gasteiger partial charge in [0.1, 0.15) is 5.75 Å². The molecule has 33 heavy (non-hydrogen) atoms. The molecule has 3 aromatic rings. The first-order valence-electron chi connectivity index (χ1n) is 10.1. The quantitative estimate of drug-likeness (QED) is 0.443. The van der Waals surface area contributed by atoms with Crippen molar-refractivity contribution in [3.63, 3.8) is 0 Å². The first-order chi connectivity index (χ1) is 16.0. The van der Waals surface area contributed by atoms with Crippen molar-refractivity contribution in [3.05, 3.63) is 95.1 Å². The van der Waals surface area contributed by atoms with Gasteiger partial charge in [0.05, 0.1) is 24.8 Å². The summed E-state index contributed by atoms with van der Waals surface area (Å²) in [5, 5.41) is 2.77. The zero-order chi connectivity index (χ0) is 23.4. The van der Waals surface area contributed by atoms with Gasteiger partial charge in [0.15, 0.2) is 6.61 Å². The maximum Gasteiger partial charge on any atom is 0.343 e. The third kappa shape index (κ3) is 4.74. The second kappa shape index (κ2) is 9.35. The third-order valence-electron chi connectivity index (χ3n) is 5.11. The smallest absolute Gasteiger partial charge is 0.343 e. The fourth-order valence-electron chi connectivity index (χ4n) is 3.39. The van der Waals surface area contributed by atoms with Gasteiger partial charge in [-0.15, -0.1) is 0 Å². The summed E-state index contributed by atoms with van der Waals surface area (Å²) < 4.78 is 9.85. The van der Waals surface area contributed by atoms with Crippen molar-refractivity contribution in [3.8, 4) is 5.75 Å². The lowest BCUT2D eigenvalue weighted by Crippen LogP contribution is -2.29. The average molecular weight is 444 g/mol. The molecule has 3 aromatic carbocycles. The van der Waals surface area contributed by atoms with E-state index in [1.54, 1.807) is 72.8 Å². The molecule has 0 aliphatic carbocycles. The molecule has 0 saturated carbocycles. The standard InChI is InChI=1S/C25H20N2O6/c1-32-22(28)15-33-19-6-4-5-18(13-19)26-23(29)17-11-9-16(10-12-17)14-27-24(30)20-7-2-3-8-21(20)25(27)31/h2-13H,14-15H2,1H3,(H,26,29). The van der Waals surface area contributed by atoms with E-state index in [0.717, 1.165) is 5.56 Å². The third-order valence-corrected chi connectivity index (χ3v) is 5.11. The van der Waals surface area contributed by atoms with Crippen LogP contribution in [0.1, 0.15) is 36.6 Å². The van der Waals surface area contributed by atoms with Crippen LogP contribution in [-0.4, -0.2) is 42.3 Å². The van der Waals surface area contributed by atoms with Gasteiger partial charge >= 0.3 is 5.97 Å². The number of hydrogen-bond donors (Lipinski definition) is 1. The Kier molecular flexibility index (Phi) is 6.17. The molecule has 0 radical (unpaired) electrons. The van der Waals surface area contributed by atoms with Crippen LogP contribution < -0.4 is 10.1 Å². The fraction of sp³-hybridized carbons (Fsp3) is 0.120. The highest BCUT2D eigenvalue weighted by molar-refractivity contribution is 6.21. The summed E-state index contributed by atoms with van der Waals surface area (Å²) in [6.45, 7) is -0.115. The SMILES string of the molecule is COC(=O)COc1cccc(NC(=O)c2ccc(CN3C(=O)c4ccccc4C3=O)cc2)c1. The van der Waals surface area contributed by atoms with E-state index in [4.69, 9.17) is 4.74 Å². The average Bonchev–Trinajstić information content (AvgIpc) is 3.08. The fourth-order valence-corrected chi connectivity index (χ4v) is 3.39. The number of nitrogens with one attached hydrogen (secondary N) is 1. The maximum absolute atomic E-state index is 12.6. The number of nitrogens with zero attached hydrogens (tertiary/aromatic N) is 1. The van der Waals surface area contributed by atoms with Gasteiger partial charge in [-0.3, -0.25) is 19.3 Å². The number of imide groups is 1. The van der Waals surface area contributed by atoms with Gasteiger partial charge in [-0.2, -0.15) is 0 Å². The van der Waals surface area contributed by atoms with Crippen LogP contribution in [0.2, 0.25) is 0 Å². The largest absolute Gasteiger partial charge is 0.482 e. The summed E-state index contributed by atoms with van der Waals surface area (Å²) in [5.41, 5.74) is 2.42. The Morgan fingerprint density at radius 1 is 0.879 bits per heavy atom. The van der Waals surface area contributed by atoms with Gasteiger partial charge < -0.3 is 14.8 Å². The molecule has 1 N–H and O–H groups in total. The van der Waals surface area contributed by atoms with E-state index in [-0.39, 0.29) is 30.9 Å². The molecule has 0 spiro atoms. The Bertz CT molecular complexity index is 1200.